The van der Waals surface area contributed by atoms with Crippen molar-refractivity contribution in [2.45, 2.75) is 34.1 Å². The van der Waals surface area contributed by atoms with E-state index in [0.717, 1.165) is 17.0 Å². The van der Waals surface area contributed by atoms with Gasteiger partial charge in [-0.25, -0.2) is 0 Å². The second-order valence-corrected chi connectivity index (χ2v) is 2.10. The zero-order chi connectivity index (χ0) is 8.57. The summed E-state index contributed by atoms with van der Waals surface area (Å²) in [6.45, 7) is 7.80. The lowest BCUT2D eigenvalue weighted by atomic mass is 10.2. The molecule has 0 aromatic carbocycles. The van der Waals surface area contributed by atoms with Gasteiger partial charge < -0.3 is 5.84 Å². The quantitative estimate of drug-likeness (QED) is 0.291. The predicted octanol–water partition coefficient (Wildman–Crippen LogP) is 2.13. The van der Waals surface area contributed by atoms with Crippen molar-refractivity contribution in [1.82, 2.24) is 0 Å². The van der Waals surface area contributed by atoms with Crippen LogP contribution in [0.5, 0.6) is 0 Å². The number of nitrogens with two attached hydrogens (primary N) is 1. The van der Waals surface area contributed by atoms with E-state index >= 15 is 0 Å². The third kappa shape index (κ3) is 5.69. The van der Waals surface area contributed by atoms with Crippen LogP contribution >= 0.6 is 12.2 Å². The van der Waals surface area contributed by atoms with Crippen LogP contribution in [0.25, 0.3) is 0 Å². The Kier molecular flexibility index (Phi) is 10.5. The Hall–Kier alpha value is -0.440. The Balaban J connectivity index is 0. The molecular formula is C7H16N2S. The summed E-state index contributed by atoms with van der Waals surface area (Å²) >= 11 is 4.80. The van der Waals surface area contributed by atoms with E-state index in [0.29, 0.717) is 0 Å². The lowest BCUT2D eigenvalue weighted by Crippen LogP contribution is -2.08. The summed E-state index contributed by atoms with van der Waals surface area (Å²) in [6, 6.07) is 0. The predicted molar refractivity (Wildman–Crippen MR) is 51.5 cm³/mol. The van der Waals surface area contributed by atoms with E-state index in [1.807, 2.05) is 27.7 Å². The maximum atomic E-state index is 4.98. The van der Waals surface area contributed by atoms with E-state index in [2.05, 4.69) is 5.10 Å². The molecule has 0 aliphatic rings. The first-order valence-electron chi connectivity index (χ1n) is 3.50. The summed E-state index contributed by atoms with van der Waals surface area (Å²) in [5.74, 6) is 4.98. The van der Waals surface area contributed by atoms with Crippen LogP contribution < -0.4 is 5.84 Å². The van der Waals surface area contributed by atoms with Crippen LogP contribution in [0, 0.1) is 0 Å². The number of hydrogen-bond donors (Lipinski definition) is 1. The van der Waals surface area contributed by atoms with E-state index in [9.17, 15) is 0 Å². The summed E-state index contributed by atoms with van der Waals surface area (Å²) in [5, 5.41) is 3.48. The van der Waals surface area contributed by atoms with Crippen molar-refractivity contribution in [3.8, 4) is 0 Å². The lowest BCUT2D eigenvalue weighted by molar-refractivity contribution is 1.19. The minimum absolute atomic E-state index is 0.787. The lowest BCUT2D eigenvalue weighted by Gasteiger charge is -1.94. The van der Waals surface area contributed by atoms with Crippen LogP contribution in [0.4, 0.5) is 0 Å². The Labute approximate surface area is 68.5 Å². The fourth-order valence-electron chi connectivity index (χ4n) is 0.431. The van der Waals surface area contributed by atoms with Crippen molar-refractivity contribution >= 4 is 22.8 Å². The Morgan fingerprint density at radius 3 is 1.90 bits per heavy atom. The number of hydrazone groups is 1. The topological polar surface area (TPSA) is 38.4 Å². The molecule has 60 valence electrons. The van der Waals surface area contributed by atoms with Crippen LogP contribution in [0.3, 0.4) is 0 Å². The highest BCUT2D eigenvalue weighted by atomic mass is 32.1. The molecule has 0 saturated heterocycles. The highest BCUT2D eigenvalue weighted by molar-refractivity contribution is 7.82. The molecule has 0 bridgehead atoms. The molecule has 0 atom stereocenters. The van der Waals surface area contributed by atoms with Crippen LogP contribution in [-0.4, -0.2) is 10.6 Å². The summed E-state index contributed by atoms with van der Waals surface area (Å²) in [5.41, 5.74) is 0.819. The molecule has 0 saturated carbocycles. The summed E-state index contributed by atoms with van der Waals surface area (Å²) in [4.78, 5) is 0.787. The fourth-order valence-corrected chi connectivity index (χ4v) is 0.628. The van der Waals surface area contributed by atoms with E-state index in [-0.39, 0.29) is 0 Å². The first kappa shape index (κ1) is 12.3. The first-order valence-corrected chi connectivity index (χ1v) is 3.90. The van der Waals surface area contributed by atoms with Gasteiger partial charge in [-0.1, -0.05) is 33.0 Å². The molecule has 0 radical (unpaired) electrons. The number of hydrogen-bond acceptors (Lipinski definition) is 3. The maximum Gasteiger partial charge on any atom is 0.0733 e. The third-order valence-corrected chi connectivity index (χ3v) is 1.13. The molecule has 0 fully saturated rings. The molecule has 0 unspecified atom stereocenters. The molecule has 0 aromatic rings. The molecule has 0 heterocycles. The van der Waals surface area contributed by atoms with Crippen molar-refractivity contribution in [2.75, 3.05) is 0 Å². The number of nitrogens with zero attached hydrogens (tertiary/aromatic N) is 1. The molecular weight excluding hydrogens is 144 g/mol. The van der Waals surface area contributed by atoms with Crippen LogP contribution in [0.2, 0.25) is 0 Å². The first-order chi connectivity index (χ1) is 4.72. The summed E-state index contributed by atoms with van der Waals surface area (Å²) < 4.78 is 0. The Morgan fingerprint density at radius 2 is 1.90 bits per heavy atom. The second-order valence-electron chi connectivity index (χ2n) is 1.49. The summed E-state index contributed by atoms with van der Waals surface area (Å²) in [7, 11) is 0. The molecule has 0 aromatic heterocycles. The van der Waals surface area contributed by atoms with Crippen molar-refractivity contribution in [3.05, 3.63) is 0 Å². The van der Waals surface area contributed by atoms with Gasteiger partial charge in [-0.05, 0) is 13.3 Å². The molecule has 2 nitrogen and oxygen atoms in total. The van der Waals surface area contributed by atoms with Gasteiger partial charge in [-0.15, -0.1) is 0 Å². The van der Waals surface area contributed by atoms with Crippen molar-refractivity contribution in [1.29, 1.82) is 0 Å². The van der Waals surface area contributed by atoms with E-state index < -0.39 is 0 Å². The second kappa shape index (κ2) is 8.56. The third-order valence-electron chi connectivity index (χ3n) is 0.897. The smallest absolute Gasteiger partial charge is 0.0733 e. The zero-order valence-electron chi connectivity index (χ0n) is 7.14. The Bertz CT molecular complexity index is 119. The van der Waals surface area contributed by atoms with Gasteiger partial charge in [0.05, 0.1) is 5.71 Å². The monoisotopic (exact) mass is 160 g/mol. The van der Waals surface area contributed by atoms with E-state index in [1.54, 1.807) is 0 Å². The largest absolute Gasteiger partial charge is 0.323 e. The molecule has 0 rings (SSSR count). The van der Waals surface area contributed by atoms with Gasteiger partial charge >= 0.3 is 0 Å². The SMILES string of the molecule is CC.CC/C(=N/N)C(C)=S. The fraction of sp³-hybridized carbons (Fsp3) is 0.714. The maximum absolute atomic E-state index is 4.98. The molecule has 10 heavy (non-hydrogen) atoms. The number of rotatable bonds is 2. The average molecular weight is 160 g/mol. The van der Waals surface area contributed by atoms with Crippen molar-refractivity contribution in [3.63, 3.8) is 0 Å². The Morgan fingerprint density at radius 1 is 1.50 bits per heavy atom. The van der Waals surface area contributed by atoms with Gasteiger partial charge in [0.2, 0.25) is 0 Å². The molecule has 2 N–H and O–H groups in total. The molecule has 0 aliphatic heterocycles. The van der Waals surface area contributed by atoms with Gasteiger partial charge in [0.15, 0.2) is 0 Å². The van der Waals surface area contributed by atoms with Crippen molar-refractivity contribution in [2.24, 2.45) is 10.9 Å². The number of thiocarbonyl (C=S) groups is 1. The average Bonchev–Trinajstić information content (AvgIpc) is 1.94. The molecule has 0 spiro atoms. The van der Waals surface area contributed by atoms with Crippen LogP contribution in [-0.2, 0) is 0 Å². The highest BCUT2D eigenvalue weighted by Crippen LogP contribution is 1.86. The standard InChI is InChI=1S/C5H10N2S.C2H6/c1-3-5(7-6)4(2)8;1-2/h3,6H2,1-2H3;1-2H3/b7-5-;. The minimum Gasteiger partial charge on any atom is -0.323 e. The van der Waals surface area contributed by atoms with E-state index in [1.165, 1.54) is 0 Å². The molecule has 0 aliphatic carbocycles. The highest BCUT2D eigenvalue weighted by Gasteiger charge is 1.94. The van der Waals surface area contributed by atoms with Crippen LogP contribution in [0.15, 0.2) is 5.10 Å². The zero-order valence-corrected chi connectivity index (χ0v) is 7.96. The molecule has 0 amide bonds. The minimum atomic E-state index is 0.787. The summed E-state index contributed by atoms with van der Waals surface area (Å²) in [6.07, 6.45) is 0.825. The van der Waals surface area contributed by atoms with Crippen molar-refractivity contribution < 1.29 is 0 Å². The van der Waals surface area contributed by atoms with Gasteiger partial charge in [-0.2, -0.15) is 5.10 Å². The van der Waals surface area contributed by atoms with Gasteiger partial charge in [0.25, 0.3) is 0 Å². The van der Waals surface area contributed by atoms with Gasteiger partial charge in [-0.3, -0.25) is 0 Å². The van der Waals surface area contributed by atoms with E-state index in [4.69, 9.17) is 18.1 Å². The van der Waals surface area contributed by atoms with Crippen LogP contribution in [0.1, 0.15) is 34.1 Å². The van der Waals surface area contributed by atoms with Gasteiger partial charge in [0.1, 0.15) is 0 Å². The molecule has 3 heteroatoms. The van der Waals surface area contributed by atoms with Gasteiger partial charge in [0, 0.05) is 4.86 Å². The normalized spacial score (nSPS) is 9.80.